The van der Waals surface area contributed by atoms with Gasteiger partial charge in [-0.05, 0) is 49.8 Å². The molecular formula is C22H31N3O3. The van der Waals surface area contributed by atoms with Crippen LogP contribution >= 0.6 is 0 Å². The van der Waals surface area contributed by atoms with Crippen molar-refractivity contribution < 1.29 is 14.3 Å². The van der Waals surface area contributed by atoms with Crippen molar-refractivity contribution in [3.8, 4) is 0 Å². The van der Waals surface area contributed by atoms with Gasteiger partial charge in [0.2, 0.25) is 11.8 Å². The van der Waals surface area contributed by atoms with Gasteiger partial charge in [-0.1, -0.05) is 6.42 Å². The summed E-state index contributed by atoms with van der Waals surface area (Å²) in [5, 5.41) is 0. The second kappa shape index (κ2) is 7.82. The molecule has 1 saturated carbocycles. The monoisotopic (exact) mass is 385 g/mol. The summed E-state index contributed by atoms with van der Waals surface area (Å²) >= 11 is 0. The van der Waals surface area contributed by atoms with Crippen LogP contribution in [0.2, 0.25) is 0 Å². The third-order valence-electron chi connectivity index (χ3n) is 7.00. The molecule has 1 unspecified atom stereocenters. The number of rotatable bonds is 5. The van der Waals surface area contributed by atoms with Crippen LogP contribution in [0.15, 0.2) is 24.5 Å². The highest BCUT2D eigenvalue weighted by molar-refractivity contribution is 5.84. The molecule has 3 heterocycles. The maximum absolute atomic E-state index is 13.3. The van der Waals surface area contributed by atoms with Gasteiger partial charge in [-0.25, -0.2) is 0 Å². The van der Waals surface area contributed by atoms with Crippen molar-refractivity contribution in [3.05, 3.63) is 30.1 Å². The van der Waals surface area contributed by atoms with Gasteiger partial charge < -0.3 is 14.5 Å². The van der Waals surface area contributed by atoms with E-state index in [1.54, 1.807) is 19.5 Å². The smallest absolute Gasteiger partial charge is 0.231 e. The Bertz CT molecular complexity index is 719. The lowest BCUT2D eigenvalue weighted by atomic mass is 9.67. The van der Waals surface area contributed by atoms with Crippen LogP contribution in [0.25, 0.3) is 0 Å². The minimum absolute atomic E-state index is 0.0346. The summed E-state index contributed by atoms with van der Waals surface area (Å²) in [5.74, 6) is 0.498. The molecule has 2 amide bonds. The summed E-state index contributed by atoms with van der Waals surface area (Å²) in [7, 11) is 1.69. The Balaban J connectivity index is 1.46. The van der Waals surface area contributed by atoms with E-state index in [2.05, 4.69) is 9.88 Å². The van der Waals surface area contributed by atoms with Gasteiger partial charge in [-0.2, -0.15) is 0 Å². The molecule has 0 bridgehead atoms. The molecule has 6 nitrogen and oxygen atoms in total. The maximum atomic E-state index is 13.3. The largest absolute Gasteiger partial charge is 0.384 e. The third-order valence-corrected chi connectivity index (χ3v) is 7.00. The number of pyridine rings is 1. The van der Waals surface area contributed by atoms with E-state index in [0.29, 0.717) is 19.6 Å². The van der Waals surface area contributed by atoms with Crippen LogP contribution in [-0.4, -0.2) is 59.9 Å². The summed E-state index contributed by atoms with van der Waals surface area (Å²) < 4.78 is 5.39. The minimum Gasteiger partial charge on any atom is -0.384 e. The molecule has 1 aliphatic carbocycles. The standard InChI is InChI=1S/C22H31N3O3/c1-28-17-22(8-2-9-22)20(27)24-13-3-7-21(15-24)10-4-19(26)25(16-21)14-18-5-11-23-12-6-18/h5-6,11-12H,2-4,7-10,13-17H2,1H3. The number of likely N-dealkylation sites (tertiary alicyclic amines) is 2. The van der Waals surface area contributed by atoms with Crippen molar-refractivity contribution in [1.82, 2.24) is 14.8 Å². The second-order valence-corrected chi connectivity index (χ2v) is 9.00. The number of carbonyl (C=O) groups excluding carboxylic acids is 2. The van der Waals surface area contributed by atoms with Gasteiger partial charge in [-0.15, -0.1) is 0 Å². The highest BCUT2D eigenvalue weighted by atomic mass is 16.5. The molecule has 1 atom stereocenters. The van der Waals surface area contributed by atoms with Crippen LogP contribution in [0.4, 0.5) is 0 Å². The van der Waals surface area contributed by atoms with E-state index in [-0.39, 0.29) is 22.6 Å². The van der Waals surface area contributed by atoms with Gasteiger partial charge in [-0.3, -0.25) is 14.6 Å². The zero-order valence-electron chi connectivity index (χ0n) is 16.9. The summed E-state index contributed by atoms with van der Waals surface area (Å²) in [6.07, 6.45) is 10.1. The lowest BCUT2D eigenvalue weighted by molar-refractivity contribution is -0.158. The molecular weight excluding hydrogens is 354 g/mol. The Morgan fingerprint density at radius 2 is 1.93 bits per heavy atom. The van der Waals surface area contributed by atoms with Crippen molar-refractivity contribution in [2.45, 2.75) is 51.5 Å². The highest BCUT2D eigenvalue weighted by Gasteiger charge is 2.49. The number of hydrogen-bond donors (Lipinski definition) is 0. The first-order chi connectivity index (χ1) is 13.6. The van der Waals surface area contributed by atoms with Gasteiger partial charge in [0, 0.05) is 57.5 Å². The van der Waals surface area contributed by atoms with Crippen LogP contribution in [0, 0.1) is 10.8 Å². The van der Waals surface area contributed by atoms with E-state index >= 15 is 0 Å². The molecule has 0 radical (unpaired) electrons. The number of methoxy groups -OCH3 is 1. The SMILES string of the molecule is COCC1(C(=O)N2CCCC3(CCC(=O)N(Cc4ccncc4)C3)C2)CCC1. The number of ether oxygens (including phenoxy) is 1. The van der Waals surface area contributed by atoms with Crippen LogP contribution in [0.1, 0.15) is 50.5 Å². The molecule has 28 heavy (non-hydrogen) atoms. The Hall–Kier alpha value is -1.95. The molecule has 0 N–H and O–H groups in total. The number of carbonyl (C=O) groups is 2. The van der Waals surface area contributed by atoms with E-state index in [4.69, 9.17) is 4.74 Å². The van der Waals surface area contributed by atoms with Gasteiger partial charge >= 0.3 is 0 Å². The summed E-state index contributed by atoms with van der Waals surface area (Å²) in [6, 6.07) is 3.94. The van der Waals surface area contributed by atoms with E-state index in [9.17, 15) is 9.59 Å². The fraction of sp³-hybridized carbons (Fsp3) is 0.682. The number of piperidine rings is 2. The van der Waals surface area contributed by atoms with Crippen molar-refractivity contribution in [2.75, 3.05) is 33.4 Å². The molecule has 4 rings (SSSR count). The van der Waals surface area contributed by atoms with Gasteiger partial charge in [0.1, 0.15) is 0 Å². The molecule has 0 aromatic carbocycles. The first kappa shape index (κ1) is 19.4. The first-order valence-electron chi connectivity index (χ1n) is 10.5. The summed E-state index contributed by atoms with van der Waals surface area (Å²) in [4.78, 5) is 34.0. The Kier molecular flexibility index (Phi) is 5.41. The molecule has 1 aromatic heterocycles. The van der Waals surface area contributed by atoms with Crippen LogP contribution in [0.3, 0.4) is 0 Å². The predicted molar refractivity (Wildman–Crippen MR) is 105 cm³/mol. The average molecular weight is 386 g/mol. The van der Waals surface area contributed by atoms with E-state index in [1.807, 2.05) is 17.0 Å². The molecule has 3 aliphatic rings. The average Bonchev–Trinajstić information content (AvgIpc) is 2.68. The Labute approximate surface area is 167 Å². The highest BCUT2D eigenvalue weighted by Crippen LogP contribution is 2.45. The Morgan fingerprint density at radius 3 is 2.61 bits per heavy atom. The normalized spacial score (nSPS) is 27.0. The predicted octanol–water partition coefficient (Wildman–Crippen LogP) is 2.63. The van der Waals surface area contributed by atoms with E-state index < -0.39 is 0 Å². The van der Waals surface area contributed by atoms with Crippen LogP contribution < -0.4 is 0 Å². The summed E-state index contributed by atoms with van der Waals surface area (Å²) in [6.45, 7) is 3.52. The molecule has 3 fully saturated rings. The quantitative estimate of drug-likeness (QED) is 0.782. The van der Waals surface area contributed by atoms with Crippen molar-refractivity contribution in [2.24, 2.45) is 10.8 Å². The molecule has 152 valence electrons. The van der Waals surface area contributed by atoms with E-state index in [0.717, 1.165) is 63.7 Å². The minimum atomic E-state index is -0.297. The van der Waals surface area contributed by atoms with E-state index in [1.165, 1.54) is 0 Å². The fourth-order valence-electron chi connectivity index (χ4n) is 5.30. The van der Waals surface area contributed by atoms with Gasteiger partial charge in [0.25, 0.3) is 0 Å². The summed E-state index contributed by atoms with van der Waals surface area (Å²) in [5.41, 5.74) is 0.846. The van der Waals surface area contributed by atoms with Crippen LogP contribution in [0.5, 0.6) is 0 Å². The number of nitrogens with zero attached hydrogens (tertiary/aromatic N) is 3. The number of aromatic nitrogens is 1. The van der Waals surface area contributed by atoms with Crippen molar-refractivity contribution in [3.63, 3.8) is 0 Å². The topological polar surface area (TPSA) is 62.7 Å². The maximum Gasteiger partial charge on any atom is 0.231 e. The number of amides is 2. The van der Waals surface area contributed by atoms with Crippen molar-refractivity contribution in [1.29, 1.82) is 0 Å². The zero-order chi connectivity index (χ0) is 19.6. The second-order valence-electron chi connectivity index (χ2n) is 9.00. The molecule has 6 heteroatoms. The fourth-order valence-corrected chi connectivity index (χ4v) is 5.30. The van der Waals surface area contributed by atoms with Gasteiger partial charge in [0.05, 0.1) is 12.0 Å². The van der Waals surface area contributed by atoms with Crippen molar-refractivity contribution >= 4 is 11.8 Å². The van der Waals surface area contributed by atoms with Crippen LogP contribution in [-0.2, 0) is 20.9 Å². The lowest BCUT2D eigenvalue weighted by Gasteiger charge is -2.51. The Morgan fingerprint density at radius 1 is 1.14 bits per heavy atom. The molecule has 2 aliphatic heterocycles. The number of hydrogen-bond acceptors (Lipinski definition) is 4. The lowest BCUT2D eigenvalue weighted by Crippen LogP contribution is -2.58. The first-order valence-corrected chi connectivity index (χ1v) is 10.5. The third kappa shape index (κ3) is 3.66. The zero-order valence-corrected chi connectivity index (χ0v) is 16.9. The molecule has 1 spiro atoms. The molecule has 1 aromatic rings. The molecule has 2 saturated heterocycles. The van der Waals surface area contributed by atoms with Gasteiger partial charge in [0.15, 0.2) is 0 Å².